The highest BCUT2D eigenvalue weighted by Gasteiger charge is 2.16. The van der Waals surface area contributed by atoms with Gasteiger partial charge in [0.2, 0.25) is 0 Å². The Morgan fingerprint density at radius 1 is 1.00 bits per heavy atom. The van der Waals surface area contributed by atoms with Gasteiger partial charge in [0.25, 0.3) is 5.91 Å². The Morgan fingerprint density at radius 3 is 2.16 bits per heavy atom. The molecular weight excluding hydrogens is 312 g/mol. The van der Waals surface area contributed by atoms with Crippen LogP contribution in [0, 0.1) is 0 Å². The summed E-state index contributed by atoms with van der Waals surface area (Å²) in [6.07, 6.45) is 1.59. The zero-order valence-electron chi connectivity index (χ0n) is 15.3. The average molecular weight is 338 g/mol. The van der Waals surface area contributed by atoms with Gasteiger partial charge in [-0.3, -0.25) is 4.79 Å². The normalized spacial score (nSPS) is 11.3. The molecular formula is C21H26N2O2. The molecule has 2 aromatic carbocycles. The fourth-order valence-corrected chi connectivity index (χ4v) is 2.60. The van der Waals surface area contributed by atoms with Crippen molar-refractivity contribution in [3.8, 4) is 0 Å². The zero-order valence-corrected chi connectivity index (χ0v) is 15.3. The average Bonchev–Trinajstić information content (AvgIpc) is 2.59. The van der Waals surface area contributed by atoms with Gasteiger partial charge in [-0.1, -0.05) is 81.4 Å². The highest BCUT2D eigenvalue weighted by Crippen LogP contribution is 2.32. The topological polar surface area (TPSA) is 50.7 Å². The predicted octanol–water partition coefficient (Wildman–Crippen LogP) is 4.92. The van der Waals surface area contributed by atoms with Crippen LogP contribution in [-0.2, 0) is 9.63 Å². The first-order chi connectivity index (χ1) is 12.0. The number of nitrogens with one attached hydrogen (secondary N) is 1. The van der Waals surface area contributed by atoms with E-state index < -0.39 is 0 Å². The monoisotopic (exact) mass is 338 g/mol. The zero-order chi connectivity index (χ0) is 18.2. The Labute approximate surface area is 149 Å². The molecule has 0 unspecified atom stereocenters. The number of carbonyl (C=O) groups is 1. The number of hydrogen-bond donors (Lipinski definition) is 1. The number of carbonyl (C=O) groups excluding carboxylic acids is 1. The highest BCUT2D eigenvalue weighted by atomic mass is 16.6. The number of amides is 1. The van der Waals surface area contributed by atoms with E-state index >= 15 is 0 Å². The van der Waals surface area contributed by atoms with Crippen molar-refractivity contribution in [2.24, 2.45) is 5.16 Å². The smallest absolute Gasteiger partial charge is 0.265 e. The molecule has 1 amide bonds. The summed E-state index contributed by atoms with van der Waals surface area (Å²) in [5.74, 6) is 0.442. The molecule has 0 aromatic heterocycles. The van der Waals surface area contributed by atoms with Crippen LogP contribution in [-0.4, -0.2) is 18.7 Å². The standard InChI is InChI=1S/C21H26N2O2/c1-15(2)18-11-8-12-19(16(3)4)21(18)23-20(24)14-25-22-13-17-9-6-5-7-10-17/h5-13,15-16H,14H2,1-4H3,(H,23,24)/b22-13+. The predicted molar refractivity (Wildman–Crippen MR) is 103 cm³/mol. The van der Waals surface area contributed by atoms with Crippen molar-refractivity contribution in [2.75, 3.05) is 11.9 Å². The third kappa shape index (κ3) is 5.45. The Balaban J connectivity index is 2.01. The van der Waals surface area contributed by atoms with Gasteiger partial charge in [-0.05, 0) is 28.5 Å². The molecule has 4 heteroatoms. The van der Waals surface area contributed by atoms with Crippen molar-refractivity contribution in [2.45, 2.75) is 39.5 Å². The molecule has 0 saturated heterocycles. The number of anilines is 1. The minimum Gasteiger partial charge on any atom is -0.386 e. The SMILES string of the molecule is CC(C)c1cccc(C(C)C)c1NC(=O)CO/N=C/c1ccccc1. The first-order valence-electron chi connectivity index (χ1n) is 8.62. The fraction of sp³-hybridized carbons (Fsp3) is 0.333. The van der Waals surface area contributed by atoms with Gasteiger partial charge in [0.15, 0.2) is 6.61 Å². The number of nitrogens with zero attached hydrogens (tertiary/aromatic N) is 1. The maximum Gasteiger partial charge on any atom is 0.265 e. The number of para-hydroxylation sites is 1. The van der Waals surface area contributed by atoms with Crippen molar-refractivity contribution in [1.82, 2.24) is 0 Å². The third-order valence-electron chi connectivity index (χ3n) is 3.91. The fourth-order valence-electron chi connectivity index (χ4n) is 2.60. The molecule has 0 atom stereocenters. The van der Waals surface area contributed by atoms with E-state index in [0.29, 0.717) is 11.8 Å². The minimum atomic E-state index is -0.208. The van der Waals surface area contributed by atoms with Crippen LogP contribution in [0.25, 0.3) is 0 Å². The summed E-state index contributed by atoms with van der Waals surface area (Å²) in [7, 11) is 0. The Hall–Kier alpha value is -2.62. The molecule has 25 heavy (non-hydrogen) atoms. The summed E-state index contributed by atoms with van der Waals surface area (Å²) in [5, 5.41) is 6.86. The number of rotatable bonds is 7. The number of benzene rings is 2. The molecule has 4 nitrogen and oxygen atoms in total. The molecule has 2 aromatic rings. The molecule has 1 N–H and O–H groups in total. The van der Waals surface area contributed by atoms with Crippen molar-refractivity contribution in [3.63, 3.8) is 0 Å². The molecule has 0 aliphatic heterocycles. The van der Waals surface area contributed by atoms with Gasteiger partial charge in [-0.2, -0.15) is 0 Å². The summed E-state index contributed by atoms with van der Waals surface area (Å²) in [6, 6.07) is 15.8. The second-order valence-electron chi connectivity index (χ2n) is 6.59. The van der Waals surface area contributed by atoms with E-state index in [9.17, 15) is 4.79 Å². The van der Waals surface area contributed by atoms with Crippen LogP contribution in [0.15, 0.2) is 53.7 Å². The highest BCUT2D eigenvalue weighted by molar-refractivity contribution is 5.93. The number of oxime groups is 1. The van der Waals surface area contributed by atoms with Crippen LogP contribution in [0.1, 0.15) is 56.2 Å². The van der Waals surface area contributed by atoms with Gasteiger partial charge in [0.05, 0.1) is 6.21 Å². The maximum absolute atomic E-state index is 12.3. The van der Waals surface area contributed by atoms with Crippen LogP contribution >= 0.6 is 0 Å². The Kier molecular flexibility index (Phi) is 6.75. The summed E-state index contributed by atoms with van der Waals surface area (Å²) in [4.78, 5) is 17.4. The molecule has 0 bridgehead atoms. The third-order valence-corrected chi connectivity index (χ3v) is 3.91. The summed E-state index contributed by atoms with van der Waals surface area (Å²) in [6.45, 7) is 8.37. The summed E-state index contributed by atoms with van der Waals surface area (Å²) < 4.78 is 0. The number of hydrogen-bond acceptors (Lipinski definition) is 3. The molecule has 0 aliphatic rings. The molecule has 2 rings (SSSR count). The van der Waals surface area contributed by atoms with E-state index in [4.69, 9.17) is 4.84 Å². The lowest BCUT2D eigenvalue weighted by Gasteiger charge is -2.19. The molecule has 0 spiro atoms. The first-order valence-corrected chi connectivity index (χ1v) is 8.62. The molecule has 0 fully saturated rings. The van der Waals surface area contributed by atoms with Crippen LogP contribution in [0.3, 0.4) is 0 Å². The largest absolute Gasteiger partial charge is 0.386 e. The molecule has 0 radical (unpaired) electrons. The molecule has 0 saturated carbocycles. The van der Waals surface area contributed by atoms with Gasteiger partial charge >= 0.3 is 0 Å². The summed E-state index contributed by atoms with van der Waals surface area (Å²) in [5.41, 5.74) is 4.09. The van der Waals surface area contributed by atoms with Gasteiger partial charge in [-0.15, -0.1) is 0 Å². The Bertz CT molecular complexity index is 696. The van der Waals surface area contributed by atoms with Crippen molar-refractivity contribution in [1.29, 1.82) is 0 Å². The van der Waals surface area contributed by atoms with Crippen LogP contribution in [0.4, 0.5) is 5.69 Å². The van der Waals surface area contributed by atoms with E-state index in [1.807, 2.05) is 36.4 Å². The van der Waals surface area contributed by atoms with Gasteiger partial charge in [-0.25, -0.2) is 0 Å². The van der Waals surface area contributed by atoms with Crippen LogP contribution in [0.5, 0.6) is 0 Å². The van der Waals surface area contributed by atoms with Crippen molar-refractivity contribution in [3.05, 3.63) is 65.2 Å². The van der Waals surface area contributed by atoms with E-state index in [0.717, 1.165) is 22.4 Å². The van der Waals surface area contributed by atoms with Gasteiger partial charge < -0.3 is 10.2 Å². The van der Waals surface area contributed by atoms with Gasteiger partial charge in [0.1, 0.15) is 0 Å². The molecule has 0 heterocycles. The van der Waals surface area contributed by atoms with Crippen LogP contribution in [0.2, 0.25) is 0 Å². The Morgan fingerprint density at radius 2 is 1.60 bits per heavy atom. The second kappa shape index (κ2) is 9.02. The lowest BCUT2D eigenvalue weighted by atomic mass is 9.92. The lowest BCUT2D eigenvalue weighted by Crippen LogP contribution is -2.19. The molecule has 132 valence electrons. The minimum absolute atomic E-state index is 0.118. The van der Waals surface area contributed by atoms with Gasteiger partial charge in [0, 0.05) is 5.69 Å². The van der Waals surface area contributed by atoms with Crippen molar-refractivity contribution >= 4 is 17.8 Å². The van der Waals surface area contributed by atoms with Crippen LogP contribution < -0.4 is 5.32 Å². The first kappa shape index (κ1) is 18.7. The van der Waals surface area contributed by atoms with Crippen molar-refractivity contribution < 1.29 is 9.63 Å². The van der Waals surface area contributed by atoms with E-state index in [-0.39, 0.29) is 12.5 Å². The maximum atomic E-state index is 12.3. The second-order valence-corrected chi connectivity index (χ2v) is 6.59. The lowest BCUT2D eigenvalue weighted by molar-refractivity contribution is -0.120. The van der Waals surface area contributed by atoms with E-state index in [1.54, 1.807) is 6.21 Å². The molecule has 0 aliphatic carbocycles. The van der Waals surface area contributed by atoms with E-state index in [1.165, 1.54) is 0 Å². The quantitative estimate of drug-likeness (QED) is 0.575. The van der Waals surface area contributed by atoms with E-state index in [2.05, 4.69) is 50.3 Å². The summed E-state index contributed by atoms with van der Waals surface area (Å²) >= 11 is 0.